The monoisotopic (exact) mass is 436 g/mol. The smallest absolute Gasteiger partial charge is 0.259 e. The summed E-state index contributed by atoms with van der Waals surface area (Å²) in [4.78, 5) is 27.8. The molecule has 3 rings (SSSR count). The molecule has 9 heteroatoms. The molecule has 1 saturated carbocycles. The first kappa shape index (κ1) is 22.7. The first-order valence-electron chi connectivity index (χ1n) is 10.7. The van der Waals surface area contributed by atoms with E-state index in [1.165, 1.54) is 9.21 Å². The lowest BCUT2D eigenvalue weighted by molar-refractivity contribution is -0.128. The van der Waals surface area contributed by atoms with Crippen molar-refractivity contribution in [3.63, 3.8) is 0 Å². The first-order valence-corrected chi connectivity index (χ1v) is 12.3. The molecule has 2 fully saturated rings. The highest BCUT2D eigenvalue weighted by Crippen LogP contribution is 2.24. The number of hydrogen-bond acceptors (Lipinski definition) is 5. The fourth-order valence-electron chi connectivity index (χ4n) is 4.24. The van der Waals surface area contributed by atoms with Gasteiger partial charge in [0.2, 0.25) is 10.0 Å². The molecule has 166 valence electrons. The third-order valence-corrected chi connectivity index (χ3v) is 7.85. The number of nitrogens with two attached hydrogens (primary N) is 1. The summed E-state index contributed by atoms with van der Waals surface area (Å²) in [6.07, 6.45) is 2.43. The molecule has 1 aliphatic heterocycles. The van der Waals surface area contributed by atoms with Crippen molar-refractivity contribution < 1.29 is 18.0 Å². The van der Waals surface area contributed by atoms with Crippen molar-refractivity contribution in [2.45, 2.75) is 64.2 Å². The van der Waals surface area contributed by atoms with Crippen molar-refractivity contribution in [2.24, 2.45) is 5.73 Å². The van der Waals surface area contributed by atoms with Gasteiger partial charge in [0.15, 0.2) is 6.17 Å². The Labute approximate surface area is 178 Å². The van der Waals surface area contributed by atoms with E-state index in [0.29, 0.717) is 12.0 Å². The Kier molecular flexibility index (Phi) is 7.15. The molecular weight excluding hydrogens is 404 g/mol. The van der Waals surface area contributed by atoms with Crippen LogP contribution < -0.4 is 11.1 Å². The van der Waals surface area contributed by atoms with Crippen LogP contribution in [0.1, 0.15) is 54.9 Å². The highest BCUT2D eigenvalue weighted by Gasteiger charge is 2.46. The van der Waals surface area contributed by atoms with Gasteiger partial charge in [-0.1, -0.05) is 24.6 Å². The molecule has 0 spiro atoms. The summed E-state index contributed by atoms with van der Waals surface area (Å²) in [5.74, 6) is -0.825. The normalized spacial score (nSPS) is 25.3. The standard InChI is InChI=1S/C21H32N4O4S/c1-3-13-30(28,29)25-12-11-24(21(27)16-6-4-5-15(2)14-16)20(25)19(26)23-18-9-7-17(22)8-10-18/h4-6,14,17-18,20H,3,7-13,22H2,1-2H3,(H,23,26). The van der Waals surface area contributed by atoms with Gasteiger partial charge in [-0.05, 0) is 51.2 Å². The number of rotatable bonds is 6. The lowest BCUT2D eigenvalue weighted by Gasteiger charge is -2.32. The maximum Gasteiger partial charge on any atom is 0.259 e. The van der Waals surface area contributed by atoms with Crippen molar-refractivity contribution in [3.05, 3.63) is 35.4 Å². The molecule has 1 saturated heterocycles. The van der Waals surface area contributed by atoms with E-state index in [1.54, 1.807) is 25.1 Å². The van der Waals surface area contributed by atoms with Gasteiger partial charge in [-0.25, -0.2) is 8.42 Å². The summed E-state index contributed by atoms with van der Waals surface area (Å²) in [7, 11) is -3.65. The van der Waals surface area contributed by atoms with Gasteiger partial charge >= 0.3 is 0 Å². The highest BCUT2D eigenvalue weighted by molar-refractivity contribution is 7.89. The molecule has 8 nitrogen and oxygen atoms in total. The van der Waals surface area contributed by atoms with E-state index in [-0.39, 0.29) is 36.8 Å². The van der Waals surface area contributed by atoms with Crippen molar-refractivity contribution in [2.75, 3.05) is 18.8 Å². The van der Waals surface area contributed by atoms with Crippen molar-refractivity contribution in [1.29, 1.82) is 0 Å². The second-order valence-electron chi connectivity index (χ2n) is 8.29. The van der Waals surface area contributed by atoms with Crippen molar-refractivity contribution in [1.82, 2.24) is 14.5 Å². The number of nitrogens with zero attached hydrogens (tertiary/aromatic N) is 2. The average Bonchev–Trinajstić information content (AvgIpc) is 3.15. The predicted octanol–water partition coefficient (Wildman–Crippen LogP) is 1.20. The molecule has 3 N–H and O–H groups in total. The van der Waals surface area contributed by atoms with E-state index in [9.17, 15) is 18.0 Å². The molecular formula is C21H32N4O4S. The maximum absolute atomic E-state index is 13.2. The summed E-state index contributed by atoms with van der Waals surface area (Å²) in [5, 5.41) is 2.98. The van der Waals surface area contributed by atoms with Crippen LogP contribution in [-0.4, -0.2) is 66.5 Å². The zero-order chi connectivity index (χ0) is 21.9. The zero-order valence-electron chi connectivity index (χ0n) is 17.7. The number of carbonyl (C=O) groups excluding carboxylic acids is 2. The van der Waals surface area contributed by atoms with Crippen LogP contribution in [0.2, 0.25) is 0 Å². The third-order valence-electron chi connectivity index (χ3n) is 5.83. The summed E-state index contributed by atoms with van der Waals surface area (Å²) >= 11 is 0. The Morgan fingerprint density at radius 1 is 1.17 bits per heavy atom. The van der Waals surface area contributed by atoms with Crippen LogP contribution >= 0.6 is 0 Å². The number of sulfonamides is 1. The molecule has 2 amide bonds. The Morgan fingerprint density at radius 2 is 1.87 bits per heavy atom. The minimum atomic E-state index is -3.65. The highest BCUT2D eigenvalue weighted by atomic mass is 32.2. The predicted molar refractivity (Wildman–Crippen MR) is 115 cm³/mol. The minimum absolute atomic E-state index is 0.0513. The van der Waals surface area contributed by atoms with E-state index in [4.69, 9.17) is 5.73 Å². The van der Waals surface area contributed by atoms with E-state index in [1.807, 2.05) is 13.0 Å². The number of aryl methyl sites for hydroxylation is 1. The maximum atomic E-state index is 13.2. The summed E-state index contributed by atoms with van der Waals surface area (Å²) in [5.41, 5.74) is 7.32. The van der Waals surface area contributed by atoms with Crippen LogP contribution in [0.5, 0.6) is 0 Å². The van der Waals surface area contributed by atoms with Gasteiger partial charge in [0, 0.05) is 30.7 Å². The van der Waals surface area contributed by atoms with Crippen LogP contribution in [0.4, 0.5) is 0 Å². The number of benzene rings is 1. The average molecular weight is 437 g/mol. The molecule has 1 aromatic carbocycles. The SMILES string of the molecule is CCCS(=O)(=O)N1CCN(C(=O)c2cccc(C)c2)C1C(=O)NC1CCC(N)CC1. The van der Waals surface area contributed by atoms with Crippen LogP contribution in [0.15, 0.2) is 24.3 Å². The minimum Gasteiger partial charge on any atom is -0.350 e. The summed E-state index contributed by atoms with van der Waals surface area (Å²) < 4.78 is 26.9. The van der Waals surface area contributed by atoms with Crippen LogP contribution in [0.3, 0.4) is 0 Å². The van der Waals surface area contributed by atoms with E-state index in [2.05, 4.69) is 5.32 Å². The quantitative estimate of drug-likeness (QED) is 0.696. The fraction of sp³-hybridized carbons (Fsp3) is 0.619. The first-order chi connectivity index (χ1) is 14.2. The number of amides is 2. The van der Waals surface area contributed by atoms with Gasteiger partial charge < -0.3 is 16.0 Å². The van der Waals surface area contributed by atoms with Gasteiger partial charge in [0.1, 0.15) is 0 Å². The lowest BCUT2D eigenvalue weighted by Crippen LogP contribution is -2.56. The Bertz CT molecular complexity index is 881. The molecule has 0 radical (unpaired) electrons. The summed E-state index contributed by atoms with van der Waals surface area (Å²) in [6, 6.07) is 7.20. The molecule has 1 unspecified atom stereocenters. The lowest BCUT2D eigenvalue weighted by atomic mass is 9.92. The number of nitrogens with one attached hydrogen (secondary N) is 1. The molecule has 1 heterocycles. The molecule has 2 aliphatic rings. The van der Waals surface area contributed by atoms with Crippen LogP contribution in [0.25, 0.3) is 0 Å². The molecule has 0 aromatic heterocycles. The topological polar surface area (TPSA) is 113 Å². The van der Waals surface area contributed by atoms with Gasteiger partial charge in [0.25, 0.3) is 11.8 Å². The Balaban J connectivity index is 1.85. The van der Waals surface area contributed by atoms with Crippen molar-refractivity contribution >= 4 is 21.8 Å². The van der Waals surface area contributed by atoms with E-state index in [0.717, 1.165) is 31.2 Å². The molecule has 1 atom stereocenters. The zero-order valence-corrected chi connectivity index (χ0v) is 18.5. The summed E-state index contributed by atoms with van der Waals surface area (Å²) in [6.45, 7) is 3.97. The van der Waals surface area contributed by atoms with Crippen molar-refractivity contribution in [3.8, 4) is 0 Å². The third kappa shape index (κ3) is 5.01. The van der Waals surface area contributed by atoms with E-state index >= 15 is 0 Å². The molecule has 1 aromatic rings. The van der Waals surface area contributed by atoms with Crippen LogP contribution in [0, 0.1) is 6.92 Å². The van der Waals surface area contributed by atoms with Crippen LogP contribution in [-0.2, 0) is 14.8 Å². The van der Waals surface area contributed by atoms with Gasteiger partial charge in [-0.2, -0.15) is 4.31 Å². The second-order valence-corrected chi connectivity index (χ2v) is 10.3. The van der Waals surface area contributed by atoms with Gasteiger partial charge in [-0.3, -0.25) is 9.59 Å². The fourth-order valence-corrected chi connectivity index (χ4v) is 5.86. The van der Waals surface area contributed by atoms with Gasteiger partial charge in [0.05, 0.1) is 5.75 Å². The van der Waals surface area contributed by atoms with E-state index < -0.39 is 22.1 Å². The second kappa shape index (κ2) is 9.45. The molecule has 30 heavy (non-hydrogen) atoms. The molecule has 0 bridgehead atoms. The van der Waals surface area contributed by atoms with Gasteiger partial charge in [-0.15, -0.1) is 0 Å². The number of carbonyl (C=O) groups is 2. The Morgan fingerprint density at radius 3 is 2.50 bits per heavy atom. The number of hydrogen-bond donors (Lipinski definition) is 2. The Hall–Kier alpha value is -1.97. The largest absolute Gasteiger partial charge is 0.350 e. The molecule has 1 aliphatic carbocycles.